The van der Waals surface area contributed by atoms with E-state index in [1.165, 1.54) is 0 Å². The Kier molecular flexibility index (Phi) is 101. The van der Waals surface area contributed by atoms with Gasteiger partial charge in [-0.2, -0.15) is 0 Å². The summed E-state index contributed by atoms with van der Waals surface area (Å²) in [7, 11) is 0. The molecule has 14 heavy (non-hydrogen) atoms. The summed E-state index contributed by atoms with van der Waals surface area (Å²) in [5.41, 5.74) is 0. The van der Waals surface area contributed by atoms with Crippen LogP contribution in [0.1, 0.15) is 40.0 Å². The van der Waals surface area contributed by atoms with Gasteiger partial charge in [0.1, 0.15) is 0 Å². The number of aliphatic hydroxyl groups is 3. The van der Waals surface area contributed by atoms with Crippen molar-refractivity contribution in [3.63, 3.8) is 0 Å². The normalized spacial score (nSPS) is 6.43. The van der Waals surface area contributed by atoms with Crippen LogP contribution in [0.3, 0.4) is 0 Å². The first-order valence-electron chi connectivity index (χ1n) is 4.57. The van der Waals surface area contributed by atoms with Crippen LogP contribution >= 0.6 is 0 Å². The Hall–Kier alpha value is 1.05. The molecule has 0 atom stereocenters. The van der Waals surface area contributed by atoms with Crippen LogP contribution in [0.25, 0.3) is 0 Å². The van der Waals surface area contributed by atoms with Crippen LogP contribution in [0.4, 0.5) is 0 Å². The number of hydrogen-bond donors (Lipinski definition) is 3. The molecule has 0 radical (unpaired) electrons. The maximum atomic E-state index is 7.88. The molecule has 3 N–H and O–H groups in total. The van der Waals surface area contributed by atoms with E-state index in [1.54, 1.807) is 0 Å². The van der Waals surface area contributed by atoms with Gasteiger partial charge in [-0.25, -0.2) is 0 Å². The van der Waals surface area contributed by atoms with Gasteiger partial charge >= 0.3 is 0 Å². The van der Waals surface area contributed by atoms with Crippen LogP contribution in [-0.2, 0) is 26.2 Å². The zero-order chi connectivity index (χ0) is 10.2. The van der Waals surface area contributed by atoms with Crippen molar-refractivity contribution in [1.82, 2.24) is 0 Å². The van der Waals surface area contributed by atoms with Gasteiger partial charge in [0, 0.05) is 46.0 Å². The van der Waals surface area contributed by atoms with Gasteiger partial charge in [0.05, 0.1) is 0 Å². The molecule has 0 aromatic rings. The summed E-state index contributed by atoms with van der Waals surface area (Å²) in [5.74, 6) is 0. The molecular weight excluding hydrogens is 283 g/mol. The third-order valence-corrected chi connectivity index (χ3v) is 0.671. The second-order valence-corrected chi connectivity index (χ2v) is 2.17. The maximum Gasteiger partial charge on any atom is 0.0428 e. The molecule has 5 heteroatoms. The SMILES string of the molecule is CCCO.CCCO.CCCO.[Cl-].[Zr]. The Balaban J connectivity index is -0.0000000270. The van der Waals surface area contributed by atoms with E-state index in [4.69, 9.17) is 15.3 Å². The first kappa shape index (κ1) is 29.4. The quantitative estimate of drug-likeness (QED) is 0.575. The van der Waals surface area contributed by atoms with E-state index in [9.17, 15) is 0 Å². The Bertz CT molecular complexity index is 35.5. The maximum absolute atomic E-state index is 7.88. The molecule has 90 valence electrons. The van der Waals surface area contributed by atoms with Gasteiger partial charge < -0.3 is 27.7 Å². The van der Waals surface area contributed by atoms with E-state index >= 15 is 0 Å². The van der Waals surface area contributed by atoms with Crippen molar-refractivity contribution >= 4 is 0 Å². The Morgan fingerprint density at radius 1 is 0.643 bits per heavy atom. The smallest absolute Gasteiger partial charge is 0.0428 e. The van der Waals surface area contributed by atoms with Crippen LogP contribution in [0.15, 0.2) is 0 Å². The largest absolute Gasteiger partial charge is 1.00 e. The van der Waals surface area contributed by atoms with E-state index in [1.807, 2.05) is 20.8 Å². The third kappa shape index (κ3) is 115. The molecule has 0 aliphatic carbocycles. The fraction of sp³-hybridized carbons (Fsp3) is 1.00. The summed E-state index contributed by atoms with van der Waals surface area (Å²) in [5, 5.41) is 23.6. The molecule has 0 rings (SSSR count). The van der Waals surface area contributed by atoms with Crippen molar-refractivity contribution < 1.29 is 53.9 Å². The summed E-state index contributed by atoms with van der Waals surface area (Å²) < 4.78 is 0. The molecule has 0 aliphatic rings. The monoisotopic (exact) mass is 305 g/mol. The van der Waals surface area contributed by atoms with Gasteiger partial charge in [-0.1, -0.05) is 20.8 Å². The number of hydrogen-bond acceptors (Lipinski definition) is 3. The molecule has 0 heterocycles. The first-order chi connectivity index (χ1) is 5.74. The summed E-state index contributed by atoms with van der Waals surface area (Å²) in [6, 6.07) is 0. The summed E-state index contributed by atoms with van der Waals surface area (Å²) in [6.07, 6.45) is 2.62. The van der Waals surface area contributed by atoms with Crippen LogP contribution < -0.4 is 12.4 Å². The van der Waals surface area contributed by atoms with Gasteiger partial charge in [0.25, 0.3) is 0 Å². The zero-order valence-electron chi connectivity index (χ0n) is 9.46. The molecule has 0 saturated heterocycles. The number of aliphatic hydroxyl groups excluding tert-OH is 3. The van der Waals surface area contributed by atoms with E-state index < -0.39 is 0 Å². The second kappa shape index (κ2) is 48.1. The van der Waals surface area contributed by atoms with Crippen LogP contribution in [-0.4, -0.2) is 35.1 Å². The topological polar surface area (TPSA) is 60.7 Å². The van der Waals surface area contributed by atoms with Crippen molar-refractivity contribution in [2.45, 2.75) is 40.0 Å². The zero-order valence-corrected chi connectivity index (χ0v) is 12.7. The first-order valence-corrected chi connectivity index (χ1v) is 4.57. The standard InChI is InChI=1S/3C3H8O.ClH.Zr/c3*1-2-3-4;;/h3*4H,2-3H2,1H3;1H;/p-1. The molecule has 0 aromatic carbocycles. The molecule has 0 spiro atoms. The van der Waals surface area contributed by atoms with E-state index in [-0.39, 0.29) is 38.6 Å². The summed E-state index contributed by atoms with van der Waals surface area (Å²) in [4.78, 5) is 0. The van der Waals surface area contributed by atoms with Crippen molar-refractivity contribution in [3.8, 4) is 0 Å². The Labute approximate surface area is 113 Å². The van der Waals surface area contributed by atoms with E-state index in [2.05, 4.69) is 0 Å². The summed E-state index contributed by atoms with van der Waals surface area (Å²) in [6.45, 7) is 6.75. The Morgan fingerprint density at radius 2 is 0.714 bits per heavy atom. The molecule has 0 saturated carbocycles. The molecule has 0 amide bonds. The van der Waals surface area contributed by atoms with Crippen molar-refractivity contribution in [3.05, 3.63) is 0 Å². The molecule has 0 unspecified atom stereocenters. The Morgan fingerprint density at radius 3 is 0.714 bits per heavy atom. The van der Waals surface area contributed by atoms with Gasteiger partial charge in [-0.3, -0.25) is 0 Å². The fourth-order valence-electron chi connectivity index (χ4n) is 0. The average Bonchev–Trinajstić information content (AvgIpc) is 2.18. The van der Waals surface area contributed by atoms with Crippen molar-refractivity contribution in [2.75, 3.05) is 19.8 Å². The molecule has 3 nitrogen and oxygen atoms in total. The number of halogens is 1. The molecular formula is C9H24ClO3Zr-. The van der Waals surface area contributed by atoms with E-state index in [0.29, 0.717) is 19.8 Å². The fourth-order valence-corrected chi connectivity index (χ4v) is 0. The van der Waals surface area contributed by atoms with Gasteiger partial charge in [-0.15, -0.1) is 0 Å². The number of rotatable bonds is 3. The minimum Gasteiger partial charge on any atom is -1.00 e. The minimum absolute atomic E-state index is 0. The molecule has 0 aliphatic heterocycles. The second-order valence-electron chi connectivity index (χ2n) is 2.17. The molecule has 0 bridgehead atoms. The van der Waals surface area contributed by atoms with Gasteiger partial charge in [-0.05, 0) is 19.3 Å². The van der Waals surface area contributed by atoms with Crippen LogP contribution in [0, 0.1) is 0 Å². The third-order valence-electron chi connectivity index (χ3n) is 0.671. The van der Waals surface area contributed by atoms with Gasteiger partial charge in [0.15, 0.2) is 0 Å². The predicted octanol–water partition coefficient (Wildman–Crippen LogP) is -1.83. The van der Waals surface area contributed by atoms with Crippen molar-refractivity contribution in [1.29, 1.82) is 0 Å². The average molecular weight is 307 g/mol. The minimum atomic E-state index is 0. The van der Waals surface area contributed by atoms with Crippen molar-refractivity contribution in [2.24, 2.45) is 0 Å². The van der Waals surface area contributed by atoms with Crippen LogP contribution in [0.5, 0.6) is 0 Å². The summed E-state index contributed by atoms with van der Waals surface area (Å²) >= 11 is 0. The predicted molar refractivity (Wildman–Crippen MR) is 52.1 cm³/mol. The molecule has 0 fully saturated rings. The van der Waals surface area contributed by atoms with Crippen LogP contribution in [0.2, 0.25) is 0 Å². The van der Waals surface area contributed by atoms with E-state index in [0.717, 1.165) is 19.3 Å². The molecule has 0 aromatic heterocycles. The van der Waals surface area contributed by atoms with Gasteiger partial charge in [0.2, 0.25) is 0 Å².